The van der Waals surface area contributed by atoms with Gasteiger partial charge in [-0.1, -0.05) is 5.92 Å². The molecule has 0 saturated heterocycles. The Balaban J connectivity index is 2.47. The molecule has 5 heteroatoms. The highest BCUT2D eigenvalue weighted by atomic mass is 16.4. The first-order chi connectivity index (χ1) is 7.63. The molecule has 0 spiro atoms. The van der Waals surface area contributed by atoms with Crippen molar-refractivity contribution < 1.29 is 9.90 Å². The zero-order valence-corrected chi connectivity index (χ0v) is 9.26. The standard InChI is InChI=1S/C11H15N3O2/c1-3-6-14(9-11(15)16)7-4-10-12-5-8-13(10)2/h1,5,8H,4,6-7,9H2,2H3,(H,15,16). The van der Waals surface area contributed by atoms with Crippen LogP contribution in [0.25, 0.3) is 0 Å². The number of carboxylic acids is 1. The van der Waals surface area contributed by atoms with Gasteiger partial charge in [0.25, 0.3) is 0 Å². The van der Waals surface area contributed by atoms with Gasteiger partial charge in [-0.05, 0) is 0 Å². The topological polar surface area (TPSA) is 58.4 Å². The lowest BCUT2D eigenvalue weighted by molar-refractivity contribution is -0.138. The Hall–Kier alpha value is -1.80. The summed E-state index contributed by atoms with van der Waals surface area (Å²) in [6.07, 6.45) is 9.45. The summed E-state index contributed by atoms with van der Waals surface area (Å²) in [5, 5.41) is 8.69. The fourth-order valence-electron chi connectivity index (χ4n) is 1.43. The van der Waals surface area contributed by atoms with Gasteiger partial charge in [0, 0.05) is 32.4 Å². The fourth-order valence-corrected chi connectivity index (χ4v) is 1.43. The van der Waals surface area contributed by atoms with Gasteiger partial charge in [0.2, 0.25) is 0 Å². The number of nitrogens with zero attached hydrogens (tertiary/aromatic N) is 3. The average molecular weight is 221 g/mol. The third-order valence-electron chi connectivity index (χ3n) is 2.25. The molecule has 1 aromatic heterocycles. The van der Waals surface area contributed by atoms with Crippen molar-refractivity contribution in [2.24, 2.45) is 7.05 Å². The Morgan fingerprint density at radius 1 is 1.75 bits per heavy atom. The monoisotopic (exact) mass is 221 g/mol. The highest BCUT2D eigenvalue weighted by Gasteiger charge is 2.09. The van der Waals surface area contributed by atoms with Crippen molar-refractivity contribution >= 4 is 5.97 Å². The minimum absolute atomic E-state index is 0.0331. The number of hydrogen-bond acceptors (Lipinski definition) is 3. The number of hydrogen-bond donors (Lipinski definition) is 1. The summed E-state index contributed by atoms with van der Waals surface area (Å²) in [6, 6.07) is 0. The van der Waals surface area contributed by atoms with Crippen molar-refractivity contribution in [2.75, 3.05) is 19.6 Å². The number of carbonyl (C=O) groups is 1. The molecule has 0 unspecified atom stereocenters. The number of carboxylic acid groups (broad SMARTS) is 1. The lowest BCUT2D eigenvalue weighted by atomic mass is 10.3. The molecule has 0 bridgehead atoms. The third-order valence-corrected chi connectivity index (χ3v) is 2.25. The van der Waals surface area contributed by atoms with Gasteiger partial charge in [-0.15, -0.1) is 6.42 Å². The van der Waals surface area contributed by atoms with Crippen LogP contribution in [0.4, 0.5) is 0 Å². The molecule has 0 radical (unpaired) electrons. The molecule has 16 heavy (non-hydrogen) atoms. The smallest absolute Gasteiger partial charge is 0.317 e. The van der Waals surface area contributed by atoms with Crippen molar-refractivity contribution in [3.63, 3.8) is 0 Å². The maximum Gasteiger partial charge on any atom is 0.317 e. The minimum atomic E-state index is -0.866. The first kappa shape index (κ1) is 12.3. The molecule has 0 aliphatic rings. The van der Waals surface area contributed by atoms with Crippen LogP contribution in [0.1, 0.15) is 5.82 Å². The Morgan fingerprint density at radius 2 is 2.50 bits per heavy atom. The third kappa shape index (κ3) is 3.75. The van der Waals surface area contributed by atoms with Gasteiger partial charge in [0.05, 0.1) is 13.1 Å². The molecule has 1 aromatic rings. The summed E-state index contributed by atoms with van der Waals surface area (Å²) in [5.41, 5.74) is 0. The second kappa shape index (κ2) is 5.93. The van der Waals surface area contributed by atoms with Crippen LogP contribution in [0.15, 0.2) is 12.4 Å². The summed E-state index contributed by atoms with van der Waals surface area (Å²) >= 11 is 0. The molecule has 1 rings (SSSR count). The predicted octanol–water partition coefficient (Wildman–Crippen LogP) is -0.0176. The summed E-state index contributed by atoms with van der Waals surface area (Å²) in [4.78, 5) is 16.5. The van der Waals surface area contributed by atoms with Crippen LogP contribution in [0.2, 0.25) is 0 Å². The Morgan fingerprint density at radius 3 is 3.00 bits per heavy atom. The summed E-state index contributed by atoms with van der Waals surface area (Å²) in [5.74, 6) is 2.51. The van der Waals surface area contributed by atoms with E-state index in [4.69, 9.17) is 11.5 Å². The Kier molecular flexibility index (Phi) is 4.55. The van der Waals surface area contributed by atoms with Gasteiger partial charge in [0.15, 0.2) is 0 Å². The van der Waals surface area contributed by atoms with Crippen molar-refractivity contribution in [1.29, 1.82) is 0 Å². The maximum absolute atomic E-state index is 10.6. The van der Waals surface area contributed by atoms with E-state index in [1.165, 1.54) is 0 Å². The molecular formula is C11H15N3O2. The Labute approximate surface area is 94.7 Å². The van der Waals surface area contributed by atoms with E-state index in [-0.39, 0.29) is 6.54 Å². The molecule has 0 aliphatic carbocycles. The number of imidazole rings is 1. The highest BCUT2D eigenvalue weighted by Crippen LogP contribution is 1.98. The molecule has 1 N–H and O–H groups in total. The quantitative estimate of drug-likeness (QED) is 0.686. The molecule has 0 atom stereocenters. The molecular weight excluding hydrogens is 206 g/mol. The lowest BCUT2D eigenvalue weighted by Crippen LogP contribution is -2.32. The van der Waals surface area contributed by atoms with Crippen LogP contribution in [0, 0.1) is 12.3 Å². The van der Waals surface area contributed by atoms with Gasteiger partial charge in [-0.2, -0.15) is 0 Å². The molecule has 5 nitrogen and oxygen atoms in total. The summed E-state index contributed by atoms with van der Waals surface area (Å²) in [7, 11) is 1.91. The lowest BCUT2D eigenvalue weighted by Gasteiger charge is -2.16. The first-order valence-electron chi connectivity index (χ1n) is 4.97. The van der Waals surface area contributed by atoms with Crippen LogP contribution in [0.3, 0.4) is 0 Å². The van der Waals surface area contributed by atoms with Crippen molar-refractivity contribution in [3.8, 4) is 12.3 Å². The summed E-state index contributed by atoms with van der Waals surface area (Å²) < 4.78 is 1.91. The van der Waals surface area contributed by atoms with Gasteiger partial charge in [0.1, 0.15) is 5.82 Å². The summed E-state index contributed by atoms with van der Waals surface area (Å²) in [6.45, 7) is 0.909. The molecule has 0 aromatic carbocycles. The molecule has 0 fully saturated rings. The number of aromatic nitrogens is 2. The van der Waals surface area contributed by atoms with Crippen molar-refractivity contribution in [3.05, 3.63) is 18.2 Å². The molecule has 0 amide bonds. The van der Waals surface area contributed by atoms with Gasteiger partial charge in [-0.25, -0.2) is 4.98 Å². The number of rotatable bonds is 6. The van der Waals surface area contributed by atoms with Crippen molar-refractivity contribution in [2.45, 2.75) is 6.42 Å². The van der Waals surface area contributed by atoms with Crippen LogP contribution in [-0.2, 0) is 18.3 Å². The van der Waals surface area contributed by atoms with E-state index < -0.39 is 5.97 Å². The van der Waals surface area contributed by atoms with Gasteiger partial charge < -0.3 is 9.67 Å². The first-order valence-corrected chi connectivity index (χ1v) is 4.97. The van der Waals surface area contributed by atoms with E-state index in [9.17, 15) is 4.79 Å². The van der Waals surface area contributed by atoms with E-state index >= 15 is 0 Å². The van der Waals surface area contributed by atoms with Crippen LogP contribution < -0.4 is 0 Å². The van der Waals surface area contributed by atoms with E-state index in [0.717, 1.165) is 5.82 Å². The van der Waals surface area contributed by atoms with E-state index in [0.29, 0.717) is 19.5 Å². The van der Waals surface area contributed by atoms with Crippen molar-refractivity contribution in [1.82, 2.24) is 14.5 Å². The molecule has 1 heterocycles. The van der Waals surface area contributed by atoms with Crippen LogP contribution in [0.5, 0.6) is 0 Å². The molecule has 0 aliphatic heterocycles. The molecule has 0 saturated carbocycles. The number of terminal acetylenes is 1. The maximum atomic E-state index is 10.6. The average Bonchev–Trinajstić information content (AvgIpc) is 2.60. The fraction of sp³-hybridized carbons (Fsp3) is 0.455. The zero-order chi connectivity index (χ0) is 12.0. The van der Waals surface area contributed by atoms with Crippen LogP contribution >= 0.6 is 0 Å². The normalized spacial score (nSPS) is 10.3. The molecule has 86 valence electrons. The van der Waals surface area contributed by atoms with E-state index in [2.05, 4.69) is 10.9 Å². The van der Waals surface area contributed by atoms with Crippen LogP contribution in [-0.4, -0.2) is 45.2 Å². The van der Waals surface area contributed by atoms with E-state index in [1.54, 1.807) is 11.1 Å². The SMILES string of the molecule is C#CCN(CCc1nccn1C)CC(=O)O. The Bertz CT molecular complexity index is 392. The number of aryl methyl sites for hydroxylation is 1. The second-order valence-corrected chi connectivity index (χ2v) is 3.51. The van der Waals surface area contributed by atoms with E-state index in [1.807, 2.05) is 17.8 Å². The van der Waals surface area contributed by atoms with Gasteiger partial charge in [-0.3, -0.25) is 9.69 Å². The zero-order valence-electron chi connectivity index (χ0n) is 9.26. The highest BCUT2D eigenvalue weighted by molar-refractivity contribution is 5.69. The second-order valence-electron chi connectivity index (χ2n) is 3.51. The van der Waals surface area contributed by atoms with Gasteiger partial charge >= 0.3 is 5.97 Å². The predicted molar refractivity (Wildman–Crippen MR) is 59.8 cm³/mol. The minimum Gasteiger partial charge on any atom is -0.480 e. The number of aliphatic carboxylic acids is 1. The largest absolute Gasteiger partial charge is 0.480 e.